The number of nitrogens with one attached hydrogen (secondary N) is 3. The molecular formula is C23H24N4O5. The van der Waals surface area contributed by atoms with Gasteiger partial charge in [-0.2, -0.15) is 0 Å². The van der Waals surface area contributed by atoms with Crippen LogP contribution in [0.25, 0.3) is 0 Å². The number of nitrogens with zero attached hydrogens (tertiary/aromatic N) is 1. The molecule has 0 aliphatic carbocycles. The van der Waals surface area contributed by atoms with Gasteiger partial charge in [0.05, 0.1) is 24.5 Å². The van der Waals surface area contributed by atoms with E-state index < -0.39 is 16.8 Å². The van der Waals surface area contributed by atoms with Crippen LogP contribution in [0.1, 0.15) is 10.4 Å². The summed E-state index contributed by atoms with van der Waals surface area (Å²) in [4.78, 5) is 38.9. The zero-order valence-corrected chi connectivity index (χ0v) is 17.4. The van der Waals surface area contributed by atoms with Gasteiger partial charge in [-0.25, -0.2) is 0 Å². The minimum atomic E-state index is -0.691. The zero-order chi connectivity index (χ0) is 22.5. The molecule has 3 aromatic carbocycles. The SMILES string of the molecule is O=C(NCCN1CCOCC1)c1cccc(Nc2c(Nc3ccccc3)c(=O)c2=O)c1O. The van der Waals surface area contributed by atoms with Gasteiger partial charge in [0.25, 0.3) is 16.8 Å². The molecular weight excluding hydrogens is 412 g/mol. The normalized spacial score (nSPS) is 14.2. The summed E-state index contributed by atoms with van der Waals surface area (Å²) in [6.45, 7) is 4.12. The Bertz CT molecular complexity index is 1170. The summed E-state index contributed by atoms with van der Waals surface area (Å²) in [5.41, 5.74) is -0.293. The molecule has 0 saturated carbocycles. The molecule has 4 N–H and O–H groups in total. The third-order valence-corrected chi connectivity index (χ3v) is 5.31. The fourth-order valence-corrected chi connectivity index (χ4v) is 3.51. The lowest BCUT2D eigenvalue weighted by Gasteiger charge is -2.26. The van der Waals surface area contributed by atoms with Crippen molar-refractivity contribution in [2.75, 3.05) is 50.0 Å². The molecule has 0 unspecified atom stereocenters. The summed E-state index contributed by atoms with van der Waals surface area (Å²) in [5, 5.41) is 19.1. The van der Waals surface area contributed by atoms with Gasteiger partial charge in [0.1, 0.15) is 11.4 Å². The van der Waals surface area contributed by atoms with Crippen molar-refractivity contribution in [2.45, 2.75) is 0 Å². The van der Waals surface area contributed by atoms with Gasteiger partial charge in [-0.3, -0.25) is 19.3 Å². The molecule has 166 valence electrons. The Morgan fingerprint density at radius 3 is 2.34 bits per heavy atom. The van der Waals surface area contributed by atoms with Gasteiger partial charge in [-0.1, -0.05) is 24.3 Å². The number of amides is 1. The topological polar surface area (TPSA) is 120 Å². The Kier molecular flexibility index (Phi) is 6.48. The Morgan fingerprint density at radius 1 is 0.938 bits per heavy atom. The summed E-state index contributed by atoms with van der Waals surface area (Å²) >= 11 is 0. The largest absolute Gasteiger partial charge is 0.505 e. The number of para-hydroxylation sites is 2. The van der Waals surface area contributed by atoms with Gasteiger partial charge in [0.15, 0.2) is 5.75 Å². The number of phenols is 1. The number of hydrogen-bond donors (Lipinski definition) is 4. The maximum absolute atomic E-state index is 12.6. The average Bonchev–Trinajstić information content (AvgIpc) is 2.83. The second-order valence-electron chi connectivity index (χ2n) is 7.44. The lowest BCUT2D eigenvalue weighted by molar-refractivity contribution is 0.0383. The second-order valence-corrected chi connectivity index (χ2v) is 7.44. The quantitative estimate of drug-likeness (QED) is 0.310. The first-order valence-corrected chi connectivity index (χ1v) is 10.4. The van der Waals surface area contributed by atoms with Crippen LogP contribution in [0.3, 0.4) is 0 Å². The number of anilines is 4. The highest BCUT2D eigenvalue weighted by Gasteiger charge is 2.23. The van der Waals surface area contributed by atoms with E-state index >= 15 is 0 Å². The molecule has 0 aromatic heterocycles. The number of morpholine rings is 1. The standard InChI is InChI=1S/C23H24N4O5/c28-20-16(23(31)24-9-10-27-11-13-32-14-12-27)7-4-8-17(20)26-19-18(21(29)22(19)30)25-15-5-2-1-3-6-15/h1-8,25-26,28H,9-14H2,(H,24,31). The maximum Gasteiger partial charge on any atom is 0.255 e. The predicted molar refractivity (Wildman–Crippen MR) is 122 cm³/mol. The van der Waals surface area contributed by atoms with Crippen molar-refractivity contribution >= 4 is 28.7 Å². The molecule has 32 heavy (non-hydrogen) atoms. The first-order chi connectivity index (χ1) is 15.5. The highest BCUT2D eigenvalue weighted by Crippen LogP contribution is 2.32. The van der Waals surface area contributed by atoms with Crippen molar-refractivity contribution in [1.82, 2.24) is 10.2 Å². The molecule has 0 spiro atoms. The molecule has 1 saturated heterocycles. The Hall–Kier alpha value is -3.69. The van der Waals surface area contributed by atoms with Gasteiger partial charge in [-0.05, 0) is 24.3 Å². The van der Waals surface area contributed by atoms with Crippen LogP contribution < -0.4 is 26.8 Å². The lowest BCUT2D eigenvalue weighted by atomic mass is 10.1. The third-order valence-electron chi connectivity index (χ3n) is 5.31. The van der Waals surface area contributed by atoms with Gasteiger partial charge in [-0.15, -0.1) is 0 Å². The molecule has 1 aliphatic rings. The molecule has 0 atom stereocenters. The van der Waals surface area contributed by atoms with E-state index in [4.69, 9.17) is 4.74 Å². The van der Waals surface area contributed by atoms with Crippen molar-refractivity contribution in [3.8, 4) is 5.75 Å². The molecule has 1 heterocycles. The van der Waals surface area contributed by atoms with Crippen LogP contribution in [0.5, 0.6) is 5.75 Å². The molecule has 0 radical (unpaired) electrons. The van der Waals surface area contributed by atoms with Gasteiger partial charge < -0.3 is 25.8 Å². The van der Waals surface area contributed by atoms with E-state index in [1.165, 1.54) is 12.1 Å². The van der Waals surface area contributed by atoms with Crippen LogP contribution >= 0.6 is 0 Å². The van der Waals surface area contributed by atoms with Crippen molar-refractivity contribution in [1.29, 1.82) is 0 Å². The third kappa shape index (κ3) is 4.63. The Balaban J connectivity index is 1.44. The highest BCUT2D eigenvalue weighted by atomic mass is 16.5. The van der Waals surface area contributed by atoms with E-state index in [0.29, 0.717) is 32.0 Å². The number of carbonyl (C=O) groups excluding carboxylic acids is 1. The molecule has 0 bridgehead atoms. The van der Waals surface area contributed by atoms with E-state index in [9.17, 15) is 19.5 Å². The van der Waals surface area contributed by atoms with E-state index in [2.05, 4.69) is 20.9 Å². The summed E-state index contributed by atoms with van der Waals surface area (Å²) in [5.74, 6) is -0.720. The van der Waals surface area contributed by atoms with Crippen LogP contribution in [0.2, 0.25) is 0 Å². The van der Waals surface area contributed by atoms with Crippen LogP contribution in [-0.4, -0.2) is 55.3 Å². The zero-order valence-electron chi connectivity index (χ0n) is 17.4. The van der Waals surface area contributed by atoms with E-state index in [1.807, 2.05) is 6.07 Å². The number of ether oxygens (including phenoxy) is 1. The van der Waals surface area contributed by atoms with Crippen molar-refractivity contribution in [2.24, 2.45) is 0 Å². The number of carbonyl (C=O) groups is 1. The Morgan fingerprint density at radius 2 is 1.62 bits per heavy atom. The number of benzene rings is 2. The van der Waals surface area contributed by atoms with Crippen LogP contribution in [-0.2, 0) is 4.74 Å². The molecule has 9 nitrogen and oxygen atoms in total. The summed E-state index contributed by atoms with van der Waals surface area (Å²) in [6.07, 6.45) is 0. The minimum Gasteiger partial charge on any atom is -0.505 e. The number of phenolic OH excluding ortho intramolecular Hbond substituents is 1. The van der Waals surface area contributed by atoms with Gasteiger partial charge in [0, 0.05) is 31.9 Å². The van der Waals surface area contributed by atoms with Crippen molar-refractivity contribution < 1.29 is 14.6 Å². The number of rotatable bonds is 8. The minimum absolute atomic E-state index is 0.0408. The van der Waals surface area contributed by atoms with Crippen LogP contribution in [0, 0.1) is 0 Å². The van der Waals surface area contributed by atoms with Crippen LogP contribution in [0.15, 0.2) is 58.1 Å². The molecule has 4 rings (SSSR count). The fraction of sp³-hybridized carbons (Fsp3) is 0.261. The van der Waals surface area contributed by atoms with Crippen LogP contribution in [0.4, 0.5) is 22.7 Å². The average molecular weight is 436 g/mol. The summed E-state index contributed by atoms with van der Waals surface area (Å²) in [6, 6.07) is 13.6. The lowest BCUT2D eigenvalue weighted by Crippen LogP contribution is -2.41. The molecule has 1 aliphatic heterocycles. The number of aromatic hydroxyl groups is 1. The smallest absolute Gasteiger partial charge is 0.255 e. The fourth-order valence-electron chi connectivity index (χ4n) is 3.51. The number of hydrogen-bond acceptors (Lipinski definition) is 8. The molecule has 1 amide bonds. The van der Waals surface area contributed by atoms with E-state index in [1.54, 1.807) is 30.3 Å². The first kappa shape index (κ1) is 21.5. The van der Waals surface area contributed by atoms with E-state index in [0.717, 1.165) is 13.1 Å². The molecule has 3 aromatic rings. The van der Waals surface area contributed by atoms with Crippen molar-refractivity contribution in [3.05, 3.63) is 74.5 Å². The summed E-state index contributed by atoms with van der Waals surface area (Å²) in [7, 11) is 0. The van der Waals surface area contributed by atoms with Gasteiger partial charge in [0.2, 0.25) is 0 Å². The monoisotopic (exact) mass is 436 g/mol. The predicted octanol–water partition coefficient (Wildman–Crippen LogP) is 1.54. The van der Waals surface area contributed by atoms with E-state index in [-0.39, 0.29) is 28.4 Å². The Labute approximate surface area is 184 Å². The summed E-state index contributed by atoms with van der Waals surface area (Å²) < 4.78 is 5.30. The van der Waals surface area contributed by atoms with Crippen molar-refractivity contribution in [3.63, 3.8) is 0 Å². The second kappa shape index (κ2) is 9.63. The first-order valence-electron chi connectivity index (χ1n) is 10.4. The van der Waals surface area contributed by atoms with Gasteiger partial charge >= 0.3 is 0 Å². The molecule has 9 heteroatoms. The maximum atomic E-state index is 12.6. The molecule has 1 fully saturated rings. The highest BCUT2D eigenvalue weighted by molar-refractivity contribution is 5.99.